The Bertz CT molecular complexity index is 408. The van der Waals surface area contributed by atoms with Gasteiger partial charge in [-0.1, -0.05) is 36.2 Å². The Morgan fingerprint density at radius 3 is 2.63 bits per heavy atom. The molecule has 106 valence electrons. The number of hydrogen-bond acceptors (Lipinski definition) is 3. The second kappa shape index (κ2) is 7.46. The number of rotatable bonds is 6. The number of nitrogens with one attached hydrogen (secondary N) is 1. The third-order valence-corrected chi connectivity index (χ3v) is 3.84. The molecular weight excluding hydrogens is 285 g/mol. The van der Waals surface area contributed by atoms with Crippen molar-refractivity contribution in [1.29, 1.82) is 0 Å². The predicted octanol–water partition coefficient (Wildman–Crippen LogP) is 3.80. The van der Waals surface area contributed by atoms with Crippen LogP contribution in [0.25, 0.3) is 0 Å². The van der Waals surface area contributed by atoms with Crippen LogP contribution >= 0.6 is 23.2 Å². The van der Waals surface area contributed by atoms with Crippen molar-refractivity contribution in [2.24, 2.45) is 0 Å². The van der Waals surface area contributed by atoms with E-state index in [1.165, 1.54) is 0 Å². The molecule has 0 aromatic heterocycles. The molecule has 1 atom stereocenters. The van der Waals surface area contributed by atoms with Crippen molar-refractivity contribution in [2.45, 2.75) is 32.1 Å². The van der Waals surface area contributed by atoms with Crippen LogP contribution in [0.1, 0.15) is 31.4 Å². The van der Waals surface area contributed by atoms with E-state index in [0.29, 0.717) is 23.3 Å². The van der Waals surface area contributed by atoms with Crippen LogP contribution in [0.3, 0.4) is 0 Å². The lowest BCUT2D eigenvalue weighted by atomic mass is 10.0. The molecule has 1 aliphatic rings. The van der Waals surface area contributed by atoms with Gasteiger partial charge in [-0.3, -0.25) is 0 Å². The zero-order chi connectivity index (χ0) is 13.7. The molecule has 1 aromatic carbocycles. The molecule has 1 fully saturated rings. The van der Waals surface area contributed by atoms with Gasteiger partial charge in [-0.25, -0.2) is 0 Å². The molecule has 0 bridgehead atoms. The van der Waals surface area contributed by atoms with Crippen molar-refractivity contribution in [1.82, 2.24) is 5.32 Å². The standard InChI is InChI=1S/C14H19Cl2NO2/c1-2-5-17-13(9-14-18-6-7-19-14)10-3-4-11(15)12(16)8-10/h3-4,8,13-14,17H,2,5-7,9H2,1H3. The van der Waals surface area contributed by atoms with Crippen LogP contribution < -0.4 is 5.32 Å². The fourth-order valence-corrected chi connectivity index (χ4v) is 2.43. The second-order valence-corrected chi connectivity index (χ2v) is 5.40. The molecule has 1 saturated heterocycles. The van der Waals surface area contributed by atoms with Gasteiger partial charge >= 0.3 is 0 Å². The highest BCUT2D eigenvalue weighted by atomic mass is 35.5. The number of benzene rings is 1. The maximum absolute atomic E-state index is 6.09. The SMILES string of the molecule is CCCNC(CC1OCCO1)c1ccc(Cl)c(Cl)c1. The van der Waals surface area contributed by atoms with Crippen molar-refractivity contribution >= 4 is 23.2 Å². The highest BCUT2D eigenvalue weighted by molar-refractivity contribution is 6.42. The molecule has 3 nitrogen and oxygen atoms in total. The summed E-state index contributed by atoms with van der Waals surface area (Å²) in [6.45, 7) is 4.43. The summed E-state index contributed by atoms with van der Waals surface area (Å²) in [5.41, 5.74) is 1.11. The normalized spacial score (nSPS) is 17.8. The summed E-state index contributed by atoms with van der Waals surface area (Å²) in [6, 6.07) is 5.90. The second-order valence-electron chi connectivity index (χ2n) is 4.59. The summed E-state index contributed by atoms with van der Waals surface area (Å²) < 4.78 is 11.0. The van der Waals surface area contributed by atoms with Crippen molar-refractivity contribution < 1.29 is 9.47 Å². The van der Waals surface area contributed by atoms with E-state index in [4.69, 9.17) is 32.7 Å². The lowest BCUT2D eigenvalue weighted by molar-refractivity contribution is -0.0530. The van der Waals surface area contributed by atoms with E-state index in [-0.39, 0.29) is 12.3 Å². The van der Waals surface area contributed by atoms with E-state index in [2.05, 4.69) is 12.2 Å². The lowest BCUT2D eigenvalue weighted by Crippen LogP contribution is -2.26. The van der Waals surface area contributed by atoms with Gasteiger partial charge < -0.3 is 14.8 Å². The van der Waals surface area contributed by atoms with Gasteiger partial charge in [0, 0.05) is 12.5 Å². The van der Waals surface area contributed by atoms with Crippen LogP contribution in [-0.4, -0.2) is 26.0 Å². The van der Waals surface area contributed by atoms with Gasteiger partial charge in [0.2, 0.25) is 0 Å². The van der Waals surface area contributed by atoms with Crippen molar-refractivity contribution in [2.75, 3.05) is 19.8 Å². The minimum absolute atomic E-state index is 0.135. The van der Waals surface area contributed by atoms with E-state index in [0.717, 1.165) is 24.9 Å². The highest BCUT2D eigenvalue weighted by Gasteiger charge is 2.22. The van der Waals surface area contributed by atoms with Crippen LogP contribution in [-0.2, 0) is 9.47 Å². The van der Waals surface area contributed by atoms with Crippen molar-refractivity contribution in [3.05, 3.63) is 33.8 Å². The molecule has 1 unspecified atom stereocenters. The largest absolute Gasteiger partial charge is 0.350 e. The minimum Gasteiger partial charge on any atom is -0.350 e. The summed E-state index contributed by atoms with van der Waals surface area (Å²) in [4.78, 5) is 0. The molecule has 0 radical (unpaired) electrons. The fraction of sp³-hybridized carbons (Fsp3) is 0.571. The Hall–Kier alpha value is -0.320. The van der Waals surface area contributed by atoms with E-state index in [1.54, 1.807) is 0 Å². The maximum Gasteiger partial charge on any atom is 0.159 e. The zero-order valence-electron chi connectivity index (χ0n) is 11.0. The number of ether oxygens (including phenoxy) is 2. The molecule has 2 rings (SSSR count). The molecule has 1 heterocycles. The smallest absolute Gasteiger partial charge is 0.159 e. The average Bonchev–Trinajstić information content (AvgIpc) is 2.91. The van der Waals surface area contributed by atoms with Crippen LogP contribution in [0, 0.1) is 0 Å². The van der Waals surface area contributed by atoms with Crippen molar-refractivity contribution in [3.63, 3.8) is 0 Å². The molecule has 0 amide bonds. The zero-order valence-corrected chi connectivity index (χ0v) is 12.5. The Morgan fingerprint density at radius 2 is 2.00 bits per heavy atom. The molecule has 0 spiro atoms. The van der Waals surface area contributed by atoms with Gasteiger partial charge in [-0.2, -0.15) is 0 Å². The van der Waals surface area contributed by atoms with Crippen molar-refractivity contribution in [3.8, 4) is 0 Å². The summed E-state index contributed by atoms with van der Waals surface area (Å²) >= 11 is 12.0. The third kappa shape index (κ3) is 4.33. The number of halogens is 2. The first kappa shape index (κ1) is 15.1. The van der Waals surface area contributed by atoms with Gasteiger partial charge in [0.05, 0.1) is 23.3 Å². The fourth-order valence-electron chi connectivity index (χ4n) is 2.12. The summed E-state index contributed by atoms with van der Waals surface area (Å²) in [6.07, 6.45) is 1.71. The summed E-state index contributed by atoms with van der Waals surface area (Å²) in [7, 11) is 0. The van der Waals surface area contributed by atoms with Crippen LogP contribution in [0.15, 0.2) is 18.2 Å². The van der Waals surface area contributed by atoms with Gasteiger partial charge in [0.25, 0.3) is 0 Å². The highest BCUT2D eigenvalue weighted by Crippen LogP contribution is 2.28. The molecule has 1 aliphatic heterocycles. The van der Waals surface area contributed by atoms with Gasteiger partial charge in [-0.05, 0) is 30.7 Å². The van der Waals surface area contributed by atoms with Crippen LogP contribution in [0.2, 0.25) is 10.0 Å². The Kier molecular flexibility index (Phi) is 5.92. The lowest BCUT2D eigenvalue weighted by Gasteiger charge is -2.22. The van der Waals surface area contributed by atoms with E-state index in [1.807, 2.05) is 18.2 Å². The summed E-state index contributed by atoms with van der Waals surface area (Å²) in [5, 5.41) is 4.65. The number of hydrogen-bond donors (Lipinski definition) is 1. The van der Waals surface area contributed by atoms with Crippen LogP contribution in [0.4, 0.5) is 0 Å². The molecule has 19 heavy (non-hydrogen) atoms. The monoisotopic (exact) mass is 303 g/mol. The van der Waals surface area contributed by atoms with Crippen LogP contribution in [0.5, 0.6) is 0 Å². The average molecular weight is 304 g/mol. The molecule has 1 N–H and O–H groups in total. The van der Waals surface area contributed by atoms with Gasteiger partial charge in [0.1, 0.15) is 0 Å². The first-order chi connectivity index (χ1) is 9.20. The molecule has 5 heteroatoms. The topological polar surface area (TPSA) is 30.5 Å². The van der Waals surface area contributed by atoms with E-state index >= 15 is 0 Å². The Balaban J connectivity index is 2.08. The molecule has 1 aromatic rings. The first-order valence-corrected chi connectivity index (χ1v) is 7.38. The Morgan fingerprint density at radius 1 is 1.26 bits per heavy atom. The van der Waals surface area contributed by atoms with E-state index in [9.17, 15) is 0 Å². The van der Waals surface area contributed by atoms with E-state index < -0.39 is 0 Å². The van der Waals surface area contributed by atoms with Gasteiger partial charge in [-0.15, -0.1) is 0 Å². The predicted molar refractivity (Wildman–Crippen MR) is 77.8 cm³/mol. The molecular formula is C14H19Cl2NO2. The maximum atomic E-state index is 6.09. The quantitative estimate of drug-likeness (QED) is 0.867. The molecule has 0 saturated carbocycles. The third-order valence-electron chi connectivity index (χ3n) is 3.11. The Labute approximate surface area is 124 Å². The van der Waals surface area contributed by atoms with Gasteiger partial charge in [0.15, 0.2) is 6.29 Å². The first-order valence-electron chi connectivity index (χ1n) is 6.62. The summed E-state index contributed by atoms with van der Waals surface area (Å²) in [5.74, 6) is 0. The molecule has 0 aliphatic carbocycles. The minimum atomic E-state index is -0.135.